The van der Waals surface area contributed by atoms with Crippen LogP contribution in [0.1, 0.15) is 12.0 Å². The highest BCUT2D eigenvalue weighted by atomic mass is 15.4. The lowest BCUT2D eigenvalue weighted by atomic mass is 9.96. The van der Waals surface area contributed by atoms with Crippen LogP contribution in [0.25, 0.3) is 22.0 Å². The molecule has 2 aromatic carbocycles. The first kappa shape index (κ1) is 17.4. The molecule has 2 aromatic heterocycles. The molecule has 0 aliphatic rings. The normalized spacial score (nSPS) is 12.3. The lowest BCUT2D eigenvalue weighted by Gasteiger charge is -2.15. The van der Waals surface area contributed by atoms with E-state index in [9.17, 15) is 0 Å². The largest absolute Gasteiger partial charge is 0.330 e. The molecule has 1 unspecified atom stereocenters. The van der Waals surface area contributed by atoms with Gasteiger partial charge in [-0.3, -0.25) is 9.67 Å². The third-order valence-corrected chi connectivity index (χ3v) is 4.86. The molecular weight excluding hydrogens is 334 g/mol. The van der Waals surface area contributed by atoms with Crippen molar-refractivity contribution in [3.05, 3.63) is 78.8 Å². The number of rotatable bonds is 7. The van der Waals surface area contributed by atoms with E-state index >= 15 is 0 Å². The minimum absolute atomic E-state index is 0.439. The fourth-order valence-electron chi connectivity index (χ4n) is 3.47. The van der Waals surface area contributed by atoms with Crippen molar-refractivity contribution in [2.75, 3.05) is 6.54 Å². The number of nitrogens with zero attached hydrogens (tertiary/aromatic N) is 4. The lowest BCUT2D eigenvalue weighted by Crippen LogP contribution is -2.18. The smallest absolute Gasteiger partial charge is 0.113 e. The van der Waals surface area contributed by atoms with E-state index in [2.05, 4.69) is 57.8 Å². The van der Waals surface area contributed by atoms with Gasteiger partial charge in [-0.1, -0.05) is 47.7 Å². The van der Waals surface area contributed by atoms with Gasteiger partial charge in [-0.2, -0.15) is 0 Å². The van der Waals surface area contributed by atoms with Gasteiger partial charge in [0.2, 0.25) is 0 Å². The number of pyridine rings is 1. The van der Waals surface area contributed by atoms with Crippen LogP contribution >= 0.6 is 0 Å². The quantitative estimate of drug-likeness (QED) is 0.547. The van der Waals surface area contributed by atoms with E-state index in [1.54, 1.807) is 0 Å². The first-order valence-corrected chi connectivity index (χ1v) is 9.30. The second-order valence-electron chi connectivity index (χ2n) is 6.90. The van der Waals surface area contributed by atoms with Crippen LogP contribution in [0.15, 0.2) is 73.2 Å². The summed E-state index contributed by atoms with van der Waals surface area (Å²) in [7, 11) is 0. The van der Waals surface area contributed by atoms with Gasteiger partial charge in [0.1, 0.15) is 5.69 Å². The van der Waals surface area contributed by atoms with Gasteiger partial charge in [0.05, 0.1) is 6.20 Å². The molecule has 136 valence electrons. The molecule has 5 nitrogen and oxygen atoms in total. The predicted octanol–water partition coefficient (Wildman–Crippen LogP) is 3.70. The predicted molar refractivity (Wildman–Crippen MR) is 108 cm³/mol. The fraction of sp³-hybridized carbons (Fsp3) is 0.227. The molecule has 5 heteroatoms. The molecule has 27 heavy (non-hydrogen) atoms. The SMILES string of the molecule is NCCC(Cc1ccccc1)Cn1cc(-c2ccc3cnccc3c2)nn1. The summed E-state index contributed by atoms with van der Waals surface area (Å²) in [5.74, 6) is 0.439. The van der Waals surface area contributed by atoms with Crippen molar-refractivity contribution in [2.45, 2.75) is 19.4 Å². The highest BCUT2D eigenvalue weighted by molar-refractivity contribution is 5.85. The topological polar surface area (TPSA) is 69.6 Å². The van der Waals surface area contributed by atoms with Crippen molar-refractivity contribution < 1.29 is 0 Å². The molecule has 0 aliphatic carbocycles. The maximum atomic E-state index is 5.84. The number of benzene rings is 2. The van der Waals surface area contributed by atoms with Gasteiger partial charge < -0.3 is 5.73 Å². The minimum atomic E-state index is 0.439. The molecule has 2 heterocycles. The highest BCUT2D eigenvalue weighted by Crippen LogP contribution is 2.22. The van der Waals surface area contributed by atoms with E-state index in [1.807, 2.05) is 35.4 Å². The molecule has 0 bridgehead atoms. The van der Waals surface area contributed by atoms with Gasteiger partial charge in [-0.25, -0.2) is 0 Å². The fourth-order valence-corrected chi connectivity index (χ4v) is 3.47. The van der Waals surface area contributed by atoms with E-state index in [-0.39, 0.29) is 0 Å². The lowest BCUT2D eigenvalue weighted by molar-refractivity contribution is 0.390. The number of hydrogen-bond donors (Lipinski definition) is 1. The van der Waals surface area contributed by atoms with Gasteiger partial charge in [0.15, 0.2) is 0 Å². The molecule has 4 rings (SSSR count). The summed E-state index contributed by atoms with van der Waals surface area (Å²) in [5, 5.41) is 11.0. The Hall–Kier alpha value is -3.05. The first-order chi connectivity index (χ1) is 13.3. The molecular formula is C22H23N5. The zero-order valence-electron chi connectivity index (χ0n) is 15.2. The van der Waals surface area contributed by atoms with Crippen LogP contribution in [-0.4, -0.2) is 26.5 Å². The Bertz CT molecular complexity index is 1010. The van der Waals surface area contributed by atoms with E-state index < -0.39 is 0 Å². The molecule has 0 spiro atoms. The summed E-state index contributed by atoms with van der Waals surface area (Å²) >= 11 is 0. The van der Waals surface area contributed by atoms with Crippen molar-refractivity contribution >= 4 is 10.8 Å². The van der Waals surface area contributed by atoms with Gasteiger partial charge in [-0.15, -0.1) is 5.10 Å². The third-order valence-electron chi connectivity index (χ3n) is 4.86. The highest BCUT2D eigenvalue weighted by Gasteiger charge is 2.12. The van der Waals surface area contributed by atoms with Crippen LogP contribution in [-0.2, 0) is 13.0 Å². The number of fused-ring (bicyclic) bond motifs is 1. The number of hydrogen-bond acceptors (Lipinski definition) is 4. The average Bonchev–Trinajstić information content (AvgIpc) is 3.17. The second kappa shape index (κ2) is 8.10. The van der Waals surface area contributed by atoms with Crippen molar-refractivity contribution in [3.63, 3.8) is 0 Å². The molecule has 4 aromatic rings. The summed E-state index contributed by atoms with van der Waals surface area (Å²) in [6.07, 6.45) is 7.67. The summed E-state index contributed by atoms with van der Waals surface area (Å²) in [5.41, 5.74) is 9.12. The van der Waals surface area contributed by atoms with Crippen molar-refractivity contribution in [3.8, 4) is 11.3 Å². The Balaban J connectivity index is 1.51. The van der Waals surface area contributed by atoms with E-state index in [0.29, 0.717) is 12.5 Å². The molecule has 0 radical (unpaired) electrons. The van der Waals surface area contributed by atoms with Crippen molar-refractivity contribution in [1.29, 1.82) is 0 Å². The van der Waals surface area contributed by atoms with Crippen LogP contribution in [0.4, 0.5) is 0 Å². The van der Waals surface area contributed by atoms with Crippen LogP contribution in [0.2, 0.25) is 0 Å². The summed E-state index contributed by atoms with van der Waals surface area (Å²) < 4.78 is 1.94. The average molecular weight is 357 g/mol. The molecule has 0 aliphatic heterocycles. The Labute approximate surface area is 158 Å². The Morgan fingerprint density at radius 1 is 1.00 bits per heavy atom. The zero-order valence-corrected chi connectivity index (χ0v) is 15.2. The molecule has 0 saturated carbocycles. The van der Waals surface area contributed by atoms with Gasteiger partial charge >= 0.3 is 0 Å². The minimum Gasteiger partial charge on any atom is -0.330 e. The Kier molecular flexibility index (Phi) is 5.21. The summed E-state index contributed by atoms with van der Waals surface area (Å²) in [4.78, 5) is 4.16. The first-order valence-electron chi connectivity index (χ1n) is 9.30. The maximum absolute atomic E-state index is 5.84. The van der Waals surface area contributed by atoms with Crippen molar-refractivity contribution in [2.24, 2.45) is 11.7 Å². The zero-order chi connectivity index (χ0) is 18.5. The molecule has 0 saturated heterocycles. The van der Waals surface area contributed by atoms with E-state index in [4.69, 9.17) is 5.73 Å². The van der Waals surface area contributed by atoms with Gasteiger partial charge in [0.25, 0.3) is 0 Å². The number of nitrogens with two attached hydrogens (primary N) is 1. The summed E-state index contributed by atoms with van der Waals surface area (Å²) in [6, 6.07) is 18.8. The van der Waals surface area contributed by atoms with E-state index in [0.717, 1.165) is 41.4 Å². The monoisotopic (exact) mass is 357 g/mol. The maximum Gasteiger partial charge on any atom is 0.113 e. The Morgan fingerprint density at radius 3 is 2.74 bits per heavy atom. The van der Waals surface area contributed by atoms with Crippen LogP contribution < -0.4 is 5.73 Å². The van der Waals surface area contributed by atoms with Gasteiger partial charge in [-0.05, 0) is 48.4 Å². The summed E-state index contributed by atoms with van der Waals surface area (Å²) in [6.45, 7) is 1.49. The number of aromatic nitrogens is 4. The van der Waals surface area contributed by atoms with Gasteiger partial charge in [0, 0.05) is 29.9 Å². The Morgan fingerprint density at radius 2 is 1.89 bits per heavy atom. The molecule has 1 atom stereocenters. The van der Waals surface area contributed by atoms with Crippen LogP contribution in [0.3, 0.4) is 0 Å². The second-order valence-corrected chi connectivity index (χ2v) is 6.90. The van der Waals surface area contributed by atoms with Crippen LogP contribution in [0, 0.1) is 5.92 Å². The third kappa shape index (κ3) is 4.20. The van der Waals surface area contributed by atoms with E-state index in [1.165, 1.54) is 5.56 Å². The molecule has 2 N–H and O–H groups in total. The van der Waals surface area contributed by atoms with Crippen molar-refractivity contribution in [1.82, 2.24) is 20.0 Å². The standard InChI is InChI=1S/C22H23N5/c23-10-8-18(12-17-4-2-1-3-5-17)15-27-16-22(25-26-27)20-6-7-21-14-24-11-9-19(21)13-20/h1-7,9,11,13-14,16,18H,8,10,12,15,23H2. The molecule has 0 amide bonds. The van der Waals surface area contributed by atoms with Crippen LogP contribution in [0.5, 0.6) is 0 Å². The molecule has 0 fully saturated rings.